The Labute approximate surface area is 109 Å². The number of carbonyl (C=O) groups excluding carboxylic acids is 1. The molecule has 0 aromatic heterocycles. The quantitative estimate of drug-likeness (QED) is 0.565. The first-order valence-electron chi connectivity index (χ1n) is 6.85. The minimum absolute atomic E-state index is 0.0982. The molecule has 0 N–H and O–H groups in total. The highest BCUT2D eigenvalue weighted by atomic mass is 16.5. The predicted octanol–water partition coefficient (Wildman–Crippen LogP) is 3.69. The lowest BCUT2D eigenvalue weighted by Crippen LogP contribution is -2.16. The number of rotatable bonds is 6. The first-order valence-corrected chi connectivity index (χ1v) is 6.85. The molecule has 1 fully saturated rings. The lowest BCUT2D eigenvalue weighted by Gasteiger charge is -2.24. The highest BCUT2D eigenvalue weighted by Crippen LogP contribution is 2.29. The first-order chi connectivity index (χ1) is 8.66. The molecule has 2 nitrogen and oxygen atoms in total. The smallest absolute Gasteiger partial charge is 0.188 e. The summed E-state index contributed by atoms with van der Waals surface area (Å²) in [6.45, 7) is 4.96. The topological polar surface area (TPSA) is 26.3 Å². The molecule has 1 aliphatic carbocycles. The molecule has 1 aliphatic rings. The van der Waals surface area contributed by atoms with Gasteiger partial charge in [-0.1, -0.05) is 43.0 Å². The van der Waals surface area contributed by atoms with Crippen molar-refractivity contribution in [2.24, 2.45) is 5.92 Å². The molecule has 0 bridgehead atoms. The summed E-state index contributed by atoms with van der Waals surface area (Å²) in [6.07, 6.45) is 5.16. The van der Waals surface area contributed by atoms with Crippen molar-refractivity contribution in [3.8, 4) is 0 Å². The van der Waals surface area contributed by atoms with E-state index in [0.717, 1.165) is 30.1 Å². The van der Waals surface area contributed by atoms with Crippen molar-refractivity contribution in [3.05, 3.63) is 34.9 Å². The van der Waals surface area contributed by atoms with E-state index >= 15 is 0 Å². The highest BCUT2D eigenvalue weighted by Gasteiger charge is 2.17. The Bertz CT molecular complexity index is 419. The summed E-state index contributed by atoms with van der Waals surface area (Å²) in [4.78, 5) is 12.0. The molecule has 1 saturated carbocycles. The second-order valence-corrected chi connectivity index (χ2v) is 5.38. The van der Waals surface area contributed by atoms with Gasteiger partial charge in [0.2, 0.25) is 0 Å². The van der Waals surface area contributed by atoms with E-state index in [1.807, 2.05) is 32.0 Å². The second kappa shape index (κ2) is 6.14. The molecule has 1 aromatic carbocycles. The number of hydrogen-bond acceptors (Lipinski definition) is 2. The maximum absolute atomic E-state index is 12.0. The molecule has 0 aliphatic heterocycles. The van der Waals surface area contributed by atoms with Gasteiger partial charge in [0.05, 0.1) is 0 Å². The van der Waals surface area contributed by atoms with Gasteiger partial charge in [-0.15, -0.1) is 0 Å². The van der Waals surface area contributed by atoms with Crippen LogP contribution in [-0.4, -0.2) is 19.0 Å². The number of ether oxygens (including phenoxy) is 1. The summed E-state index contributed by atoms with van der Waals surface area (Å²) < 4.78 is 5.49. The number of benzene rings is 1. The van der Waals surface area contributed by atoms with Crippen molar-refractivity contribution in [2.45, 2.75) is 39.5 Å². The Hall–Kier alpha value is -1.15. The number of carbonyl (C=O) groups is 1. The zero-order chi connectivity index (χ0) is 13.0. The molecule has 0 amide bonds. The van der Waals surface area contributed by atoms with Gasteiger partial charge in [0.1, 0.15) is 6.61 Å². The predicted molar refractivity (Wildman–Crippen MR) is 73.0 cm³/mol. The fourth-order valence-electron chi connectivity index (χ4n) is 2.40. The van der Waals surface area contributed by atoms with E-state index in [1.54, 1.807) is 0 Å². The average molecular weight is 246 g/mol. The molecule has 1 aromatic rings. The van der Waals surface area contributed by atoms with Gasteiger partial charge < -0.3 is 4.74 Å². The summed E-state index contributed by atoms with van der Waals surface area (Å²) in [5.41, 5.74) is 3.03. The van der Waals surface area contributed by atoms with Crippen molar-refractivity contribution < 1.29 is 9.53 Å². The molecule has 0 atom stereocenters. The minimum atomic E-state index is 0.0982. The highest BCUT2D eigenvalue weighted by molar-refractivity contribution is 5.98. The van der Waals surface area contributed by atoms with Crippen LogP contribution in [0.1, 0.15) is 47.2 Å². The van der Waals surface area contributed by atoms with Gasteiger partial charge in [0, 0.05) is 12.2 Å². The van der Waals surface area contributed by atoms with Gasteiger partial charge >= 0.3 is 0 Å². The van der Waals surface area contributed by atoms with E-state index in [9.17, 15) is 4.79 Å². The van der Waals surface area contributed by atoms with Crippen LogP contribution >= 0.6 is 0 Å². The fraction of sp³-hybridized carbons (Fsp3) is 0.562. The Balaban J connectivity index is 1.76. The number of ketones is 1. The van der Waals surface area contributed by atoms with E-state index in [2.05, 4.69) is 0 Å². The van der Waals surface area contributed by atoms with Gasteiger partial charge in [-0.2, -0.15) is 0 Å². The molecule has 98 valence electrons. The van der Waals surface area contributed by atoms with Gasteiger partial charge in [0.15, 0.2) is 5.78 Å². The number of aryl methyl sites for hydroxylation is 2. The van der Waals surface area contributed by atoms with Crippen LogP contribution in [-0.2, 0) is 4.74 Å². The van der Waals surface area contributed by atoms with Gasteiger partial charge in [-0.25, -0.2) is 0 Å². The van der Waals surface area contributed by atoms with Crippen LogP contribution in [0.2, 0.25) is 0 Å². The summed E-state index contributed by atoms with van der Waals surface area (Å²) in [6, 6.07) is 5.93. The van der Waals surface area contributed by atoms with Crippen molar-refractivity contribution in [1.82, 2.24) is 0 Å². The first kappa shape index (κ1) is 13.3. The molecule has 2 heteroatoms. The standard InChI is InChI=1S/C16H22O2/c1-12-6-7-15(13(2)10-12)16(17)11-18-9-8-14-4-3-5-14/h6-7,10,14H,3-5,8-9,11H2,1-2H3. The molecule has 18 heavy (non-hydrogen) atoms. The largest absolute Gasteiger partial charge is 0.373 e. The van der Waals surface area contributed by atoms with E-state index in [1.165, 1.54) is 24.8 Å². The van der Waals surface area contributed by atoms with Crippen LogP contribution in [0.4, 0.5) is 0 Å². The fourth-order valence-corrected chi connectivity index (χ4v) is 2.40. The zero-order valence-corrected chi connectivity index (χ0v) is 11.4. The van der Waals surface area contributed by atoms with E-state index in [-0.39, 0.29) is 12.4 Å². The van der Waals surface area contributed by atoms with Crippen LogP contribution in [0.25, 0.3) is 0 Å². The van der Waals surface area contributed by atoms with Crippen molar-refractivity contribution in [3.63, 3.8) is 0 Å². The molecule has 0 spiro atoms. The van der Waals surface area contributed by atoms with E-state index < -0.39 is 0 Å². The molecular formula is C16H22O2. The van der Waals surface area contributed by atoms with E-state index in [0.29, 0.717) is 0 Å². The Morgan fingerprint density at radius 3 is 2.72 bits per heavy atom. The normalized spacial score (nSPS) is 15.4. The Kier molecular flexibility index (Phi) is 4.54. The lowest BCUT2D eigenvalue weighted by atomic mass is 9.83. The lowest BCUT2D eigenvalue weighted by molar-refractivity contribution is 0.0704. The number of Topliss-reactive ketones (excluding diaryl/α,β-unsaturated/α-hetero) is 1. The van der Waals surface area contributed by atoms with Crippen LogP contribution < -0.4 is 0 Å². The average Bonchev–Trinajstić information content (AvgIpc) is 2.26. The van der Waals surface area contributed by atoms with Gasteiger partial charge in [-0.3, -0.25) is 4.79 Å². The van der Waals surface area contributed by atoms with Crippen molar-refractivity contribution >= 4 is 5.78 Å². The van der Waals surface area contributed by atoms with Crippen LogP contribution in [0.5, 0.6) is 0 Å². The molecule has 0 saturated heterocycles. The van der Waals surface area contributed by atoms with Crippen molar-refractivity contribution in [2.75, 3.05) is 13.2 Å². The summed E-state index contributed by atoms with van der Waals surface area (Å²) in [5.74, 6) is 0.947. The summed E-state index contributed by atoms with van der Waals surface area (Å²) >= 11 is 0. The van der Waals surface area contributed by atoms with Crippen LogP contribution in [0.3, 0.4) is 0 Å². The second-order valence-electron chi connectivity index (χ2n) is 5.38. The number of hydrogen-bond donors (Lipinski definition) is 0. The Morgan fingerprint density at radius 1 is 1.33 bits per heavy atom. The van der Waals surface area contributed by atoms with Crippen LogP contribution in [0.15, 0.2) is 18.2 Å². The molecule has 0 heterocycles. The third-order valence-corrected chi connectivity index (χ3v) is 3.81. The molecular weight excluding hydrogens is 224 g/mol. The molecule has 0 unspecified atom stereocenters. The minimum Gasteiger partial charge on any atom is -0.373 e. The monoisotopic (exact) mass is 246 g/mol. The third kappa shape index (κ3) is 3.42. The Morgan fingerprint density at radius 2 is 2.11 bits per heavy atom. The maximum Gasteiger partial charge on any atom is 0.188 e. The van der Waals surface area contributed by atoms with Gasteiger partial charge in [-0.05, 0) is 31.7 Å². The zero-order valence-electron chi connectivity index (χ0n) is 11.4. The third-order valence-electron chi connectivity index (χ3n) is 3.81. The van der Waals surface area contributed by atoms with Crippen molar-refractivity contribution in [1.29, 1.82) is 0 Å². The summed E-state index contributed by atoms with van der Waals surface area (Å²) in [7, 11) is 0. The van der Waals surface area contributed by atoms with Crippen LogP contribution in [0, 0.1) is 19.8 Å². The molecule has 2 rings (SSSR count). The molecule has 0 radical (unpaired) electrons. The summed E-state index contributed by atoms with van der Waals surface area (Å²) in [5, 5.41) is 0. The van der Waals surface area contributed by atoms with E-state index in [4.69, 9.17) is 4.74 Å². The maximum atomic E-state index is 12.0. The SMILES string of the molecule is Cc1ccc(C(=O)COCCC2CCC2)c(C)c1. The van der Waals surface area contributed by atoms with Gasteiger partial charge in [0.25, 0.3) is 0 Å².